The molecule has 1 amide bonds. The first-order chi connectivity index (χ1) is 14.9. The minimum absolute atomic E-state index is 0.0460. The maximum absolute atomic E-state index is 12.9. The second-order valence-corrected chi connectivity index (χ2v) is 8.10. The van der Waals surface area contributed by atoms with Crippen LogP contribution in [0.15, 0.2) is 58.7 Å². The number of rotatable bonds is 6. The molecular weight excluding hydrogens is 436 g/mol. The summed E-state index contributed by atoms with van der Waals surface area (Å²) < 4.78 is 6.48. The molecule has 9 heteroatoms. The van der Waals surface area contributed by atoms with Crippen LogP contribution in [0.1, 0.15) is 11.3 Å². The topological polar surface area (TPSA) is 89.0 Å². The Bertz CT molecular complexity index is 1270. The van der Waals surface area contributed by atoms with Crippen molar-refractivity contribution in [3.8, 4) is 22.1 Å². The predicted molar refractivity (Wildman–Crippen MR) is 123 cm³/mol. The molecule has 0 fully saturated rings. The summed E-state index contributed by atoms with van der Waals surface area (Å²) in [4.78, 5) is 30.0. The molecule has 2 aromatic heterocycles. The van der Waals surface area contributed by atoms with Crippen LogP contribution >= 0.6 is 22.9 Å². The number of nitrogens with one attached hydrogen (secondary N) is 2. The van der Waals surface area contributed by atoms with Gasteiger partial charge < -0.3 is 10.1 Å². The van der Waals surface area contributed by atoms with E-state index in [-0.39, 0.29) is 17.9 Å². The first-order valence-electron chi connectivity index (χ1n) is 9.41. The van der Waals surface area contributed by atoms with Crippen LogP contribution in [0, 0.1) is 6.92 Å². The molecule has 0 radical (unpaired) electrons. The average molecular weight is 455 g/mol. The number of carbonyl (C=O) groups is 1. The molecule has 0 bridgehead atoms. The Kier molecular flexibility index (Phi) is 5.92. The van der Waals surface area contributed by atoms with Crippen molar-refractivity contribution in [1.82, 2.24) is 14.8 Å². The standard InChI is InChI=1S/C22H19ClN4O3S/c1-13-18(11-20(28)24-16-7-9-17(30-2)10-8-16)21(29)27(26-13)22-25-19(12-31-22)14-3-5-15(23)6-4-14/h3-10,12,26H,11H2,1-2H3,(H,24,28). The van der Waals surface area contributed by atoms with Gasteiger partial charge in [-0.3, -0.25) is 14.7 Å². The van der Waals surface area contributed by atoms with E-state index in [2.05, 4.69) is 15.4 Å². The Morgan fingerprint density at radius 3 is 2.58 bits per heavy atom. The maximum Gasteiger partial charge on any atom is 0.277 e. The van der Waals surface area contributed by atoms with Crippen LogP contribution in [0.5, 0.6) is 5.75 Å². The zero-order valence-electron chi connectivity index (χ0n) is 16.8. The molecule has 4 aromatic rings. The largest absolute Gasteiger partial charge is 0.497 e. The number of aromatic amines is 1. The zero-order chi connectivity index (χ0) is 22.0. The fraction of sp³-hybridized carbons (Fsp3) is 0.136. The van der Waals surface area contributed by atoms with Crippen molar-refractivity contribution >= 4 is 34.5 Å². The SMILES string of the molecule is COc1ccc(NC(=O)Cc2c(C)[nH]n(-c3nc(-c4ccc(Cl)cc4)cs3)c2=O)cc1. The van der Waals surface area contributed by atoms with Crippen molar-refractivity contribution in [3.05, 3.63) is 80.5 Å². The normalized spacial score (nSPS) is 10.8. The Morgan fingerprint density at radius 2 is 1.90 bits per heavy atom. The van der Waals surface area contributed by atoms with Gasteiger partial charge in [0.05, 0.1) is 19.2 Å². The minimum atomic E-state index is -0.292. The maximum atomic E-state index is 12.9. The molecule has 0 aliphatic carbocycles. The molecule has 31 heavy (non-hydrogen) atoms. The van der Waals surface area contributed by atoms with Gasteiger partial charge in [-0.1, -0.05) is 23.7 Å². The van der Waals surface area contributed by atoms with Crippen LogP contribution in [-0.4, -0.2) is 27.8 Å². The number of thiazole rings is 1. The van der Waals surface area contributed by atoms with Crippen LogP contribution in [0.3, 0.4) is 0 Å². The number of halogens is 1. The molecule has 7 nitrogen and oxygen atoms in total. The fourth-order valence-corrected chi connectivity index (χ4v) is 4.00. The minimum Gasteiger partial charge on any atom is -0.497 e. The molecule has 0 unspecified atom stereocenters. The quantitative estimate of drug-likeness (QED) is 0.450. The summed E-state index contributed by atoms with van der Waals surface area (Å²) in [6.07, 6.45) is -0.0460. The van der Waals surface area contributed by atoms with Gasteiger partial charge in [-0.2, -0.15) is 4.68 Å². The summed E-state index contributed by atoms with van der Waals surface area (Å²) in [6.45, 7) is 1.77. The van der Waals surface area contributed by atoms with Gasteiger partial charge in [-0.05, 0) is 43.3 Å². The molecule has 0 saturated carbocycles. The Labute approximate surface area is 187 Å². The number of aromatic nitrogens is 3. The summed E-state index contributed by atoms with van der Waals surface area (Å²) in [6, 6.07) is 14.3. The molecule has 2 heterocycles. The summed E-state index contributed by atoms with van der Waals surface area (Å²) >= 11 is 7.28. The lowest BCUT2D eigenvalue weighted by atomic mass is 10.2. The van der Waals surface area contributed by atoms with Gasteiger partial charge in [0.15, 0.2) is 0 Å². The van der Waals surface area contributed by atoms with E-state index in [0.717, 1.165) is 11.3 Å². The number of nitrogens with zero attached hydrogens (tertiary/aromatic N) is 2. The molecule has 0 aliphatic heterocycles. The molecule has 4 rings (SSSR count). The van der Waals surface area contributed by atoms with Crippen LogP contribution < -0.4 is 15.6 Å². The van der Waals surface area contributed by atoms with Crippen LogP contribution in [0.2, 0.25) is 5.02 Å². The number of aryl methyl sites for hydroxylation is 1. The van der Waals surface area contributed by atoms with E-state index in [0.29, 0.717) is 32.8 Å². The van der Waals surface area contributed by atoms with E-state index in [4.69, 9.17) is 16.3 Å². The molecule has 0 spiro atoms. The van der Waals surface area contributed by atoms with Crippen molar-refractivity contribution in [2.75, 3.05) is 12.4 Å². The van der Waals surface area contributed by atoms with Crippen molar-refractivity contribution in [2.24, 2.45) is 0 Å². The van der Waals surface area contributed by atoms with Gasteiger partial charge in [0, 0.05) is 32.9 Å². The lowest BCUT2D eigenvalue weighted by Crippen LogP contribution is -2.22. The zero-order valence-corrected chi connectivity index (χ0v) is 18.4. The number of ether oxygens (including phenoxy) is 1. The highest BCUT2D eigenvalue weighted by Crippen LogP contribution is 2.25. The van der Waals surface area contributed by atoms with Crippen molar-refractivity contribution < 1.29 is 9.53 Å². The van der Waals surface area contributed by atoms with Crippen molar-refractivity contribution in [2.45, 2.75) is 13.3 Å². The summed E-state index contributed by atoms with van der Waals surface area (Å²) in [5, 5.41) is 8.84. The van der Waals surface area contributed by atoms with Gasteiger partial charge in [0.1, 0.15) is 5.75 Å². The molecule has 0 saturated heterocycles. The van der Waals surface area contributed by atoms with Gasteiger partial charge in [0.25, 0.3) is 5.56 Å². The Balaban J connectivity index is 1.53. The Morgan fingerprint density at radius 1 is 1.19 bits per heavy atom. The van der Waals surface area contributed by atoms with E-state index >= 15 is 0 Å². The van der Waals surface area contributed by atoms with E-state index in [1.54, 1.807) is 50.4 Å². The summed E-state index contributed by atoms with van der Waals surface area (Å²) in [5.41, 5.74) is 3.01. The monoisotopic (exact) mass is 454 g/mol. The molecule has 0 aliphatic rings. The summed E-state index contributed by atoms with van der Waals surface area (Å²) in [5.74, 6) is 0.418. The molecule has 158 valence electrons. The first kappa shape index (κ1) is 20.9. The highest BCUT2D eigenvalue weighted by atomic mass is 35.5. The number of methoxy groups -OCH3 is 1. The summed E-state index contributed by atoms with van der Waals surface area (Å²) in [7, 11) is 1.58. The van der Waals surface area contributed by atoms with Gasteiger partial charge in [-0.25, -0.2) is 4.98 Å². The third-order valence-electron chi connectivity index (χ3n) is 4.73. The third-order valence-corrected chi connectivity index (χ3v) is 5.81. The third kappa shape index (κ3) is 4.55. The van der Waals surface area contributed by atoms with Gasteiger partial charge >= 0.3 is 0 Å². The van der Waals surface area contributed by atoms with Crippen LogP contribution in [-0.2, 0) is 11.2 Å². The lowest BCUT2D eigenvalue weighted by Gasteiger charge is -2.05. The number of hydrogen-bond acceptors (Lipinski definition) is 5. The van der Waals surface area contributed by atoms with E-state index < -0.39 is 0 Å². The van der Waals surface area contributed by atoms with Crippen molar-refractivity contribution in [1.29, 1.82) is 0 Å². The second kappa shape index (κ2) is 8.79. The molecule has 2 aromatic carbocycles. The molecular formula is C22H19ClN4O3S. The average Bonchev–Trinajstić information content (AvgIpc) is 3.35. The van der Waals surface area contributed by atoms with Gasteiger partial charge in [0.2, 0.25) is 11.0 Å². The lowest BCUT2D eigenvalue weighted by molar-refractivity contribution is -0.115. The highest BCUT2D eigenvalue weighted by molar-refractivity contribution is 7.12. The molecule has 0 atom stereocenters. The number of amides is 1. The van der Waals surface area contributed by atoms with Gasteiger partial charge in [-0.15, -0.1) is 11.3 Å². The first-order valence-corrected chi connectivity index (χ1v) is 10.7. The van der Waals surface area contributed by atoms with Crippen molar-refractivity contribution in [3.63, 3.8) is 0 Å². The number of anilines is 1. The second-order valence-electron chi connectivity index (χ2n) is 6.83. The number of hydrogen-bond donors (Lipinski definition) is 2. The highest BCUT2D eigenvalue weighted by Gasteiger charge is 2.18. The van der Waals surface area contributed by atoms with E-state index in [1.165, 1.54) is 16.0 Å². The fourth-order valence-electron chi connectivity index (χ4n) is 3.08. The number of H-pyrrole nitrogens is 1. The smallest absolute Gasteiger partial charge is 0.277 e. The molecule has 2 N–H and O–H groups in total. The predicted octanol–water partition coefficient (Wildman–Crippen LogP) is 4.44. The Hall–Kier alpha value is -3.36. The van der Waals surface area contributed by atoms with E-state index in [9.17, 15) is 9.59 Å². The van der Waals surface area contributed by atoms with E-state index in [1.807, 2.05) is 17.5 Å². The van der Waals surface area contributed by atoms with Crippen LogP contribution in [0.4, 0.5) is 5.69 Å². The van der Waals surface area contributed by atoms with Crippen LogP contribution in [0.25, 0.3) is 16.4 Å². The number of carbonyl (C=O) groups excluding carboxylic acids is 1. The number of benzene rings is 2.